The number of halogens is 2. The lowest BCUT2D eigenvalue weighted by Gasteiger charge is -2.38. The van der Waals surface area contributed by atoms with Crippen molar-refractivity contribution in [3.8, 4) is 0 Å². The van der Waals surface area contributed by atoms with E-state index in [1.165, 1.54) is 25.0 Å². The van der Waals surface area contributed by atoms with Crippen LogP contribution in [0.3, 0.4) is 0 Å². The van der Waals surface area contributed by atoms with Gasteiger partial charge in [-0.05, 0) is 67.7 Å². The number of anilines is 1. The zero-order valence-electron chi connectivity index (χ0n) is 19.2. The number of hydrogen-bond acceptors (Lipinski definition) is 6. The van der Waals surface area contributed by atoms with Crippen LogP contribution in [0.1, 0.15) is 48.3 Å². The van der Waals surface area contributed by atoms with Crippen molar-refractivity contribution in [2.24, 2.45) is 17.8 Å². The molecule has 0 spiro atoms. The average Bonchev–Trinajstić information content (AvgIpc) is 3.20. The van der Waals surface area contributed by atoms with Crippen LogP contribution in [0.25, 0.3) is 0 Å². The molecule has 1 aromatic carbocycles. The average molecular weight is 483 g/mol. The first kappa shape index (κ1) is 21.9. The third-order valence-corrected chi connectivity index (χ3v) is 7.74. The maximum absolute atomic E-state index is 14.0. The molecule has 34 heavy (non-hydrogen) atoms. The Hall–Kier alpha value is -2.58. The zero-order valence-corrected chi connectivity index (χ0v) is 20.0. The normalized spacial score (nSPS) is 26.4. The Morgan fingerprint density at radius 2 is 1.94 bits per heavy atom. The van der Waals surface area contributed by atoms with E-state index in [1.54, 1.807) is 12.4 Å². The third kappa shape index (κ3) is 4.18. The minimum Gasteiger partial charge on any atom is -0.365 e. The Labute approximate surface area is 203 Å². The van der Waals surface area contributed by atoms with Crippen LogP contribution in [0, 0.1) is 30.5 Å². The van der Waals surface area contributed by atoms with Crippen LogP contribution in [0.15, 0.2) is 30.6 Å². The van der Waals surface area contributed by atoms with Crippen LogP contribution in [-0.2, 0) is 17.7 Å². The van der Waals surface area contributed by atoms with Gasteiger partial charge in [0.05, 0.1) is 0 Å². The largest absolute Gasteiger partial charge is 0.365 e. The van der Waals surface area contributed by atoms with Crippen molar-refractivity contribution in [2.45, 2.75) is 45.3 Å². The van der Waals surface area contributed by atoms with Gasteiger partial charge in [0.2, 0.25) is 0 Å². The van der Waals surface area contributed by atoms with Gasteiger partial charge in [-0.3, -0.25) is 0 Å². The summed E-state index contributed by atoms with van der Waals surface area (Å²) < 4.78 is 22.1. The molecule has 3 aromatic rings. The Morgan fingerprint density at radius 1 is 1.12 bits per heavy atom. The molecule has 3 aliphatic rings. The van der Waals surface area contributed by atoms with E-state index >= 15 is 0 Å². The lowest BCUT2D eigenvalue weighted by molar-refractivity contribution is 0.0808. The zero-order chi connectivity index (χ0) is 23.2. The topological polar surface area (TPSA) is 69.0 Å². The summed E-state index contributed by atoms with van der Waals surface area (Å²) in [6, 6.07) is 6.62. The maximum atomic E-state index is 14.0. The highest BCUT2D eigenvalue weighted by Gasteiger charge is 2.43. The van der Waals surface area contributed by atoms with Crippen molar-refractivity contribution >= 4 is 17.4 Å². The first-order valence-corrected chi connectivity index (χ1v) is 12.5. The molecule has 2 aliphatic heterocycles. The van der Waals surface area contributed by atoms with E-state index in [4.69, 9.17) is 26.4 Å². The molecule has 1 aliphatic carbocycles. The van der Waals surface area contributed by atoms with Crippen LogP contribution in [0.2, 0.25) is 5.02 Å². The molecule has 1 saturated heterocycles. The smallest absolute Gasteiger partial charge is 0.161 e. The Kier molecular flexibility index (Phi) is 5.73. The SMILES string of the molecule is Cc1cc(N2C[C@H]3CC[C@@H](C2)C3Cc2nc3n(n2)CCCO[C@@H]3c2cc(F)cc(Cl)c2)ncn1. The number of benzene rings is 1. The van der Waals surface area contributed by atoms with Crippen LogP contribution in [-0.4, -0.2) is 44.4 Å². The van der Waals surface area contributed by atoms with Gasteiger partial charge in [0.1, 0.15) is 24.1 Å². The molecule has 4 atom stereocenters. The van der Waals surface area contributed by atoms with Crippen molar-refractivity contribution in [3.05, 3.63) is 64.3 Å². The van der Waals surface area contributed by atoms with Crippen LogP contribution < -0.4 is 4.90 Å². The van der Waals surface area contributed by atoms with Gasteiger partial charge in [-0.15, -0.1) is 0 Å². The second kappa shape index (κ2) is 8.89. The van der Waals surface area contributed by atoms with E-state index in [2.05, 4.69) is 20.9 Å². The van der Waals surface area contributed by atoms with E-state index < -0.39 is 6.10 Å². The monoisotopic (exact) mass is 482 g/mol. The summed E-state index contributed by atoms with van der Waals surface area (Å²) in [5.41, 5.74) is 1.68. The van der Waals surface area contributed by atoms with E-state index in [-0.39, 0.29) is 5.82 Å². The van der Waals surface area contributed by atoms with Crippen LogP contribution in [0.5, 0.6) is 0 Å². The van der Waals surface area contributed by atoms with E-state index in [0.717, 1.165) is 55.6 Å². The molecule has 0 N–H and O–H groups in total. The lowest BCUT2D eigenvalue weighted by atomic mass is 9.82. The van der Waals surface area contributed by atoms with Crippen molar-refractivity contribution in [2.75, 3.05) is 24.6 Å². The predicted molar refractivity (Wildman–Crippen MR) is 126 cm³/mol. The van der Waals surface area contributed by atoms with Crippen LogP contribution in [0.4, 0.5) is 10.2 Å². The van der Waals surface area contributed by atoms with Crippen molar-refractivity contribution in [3.63, 3.8) is 0 Å². The Morgan fingerprint density at radius 3 is 2.71 bits per heavy atom. The number of nitrogens with zero attached hydrogens (tertiary/aromatic N) is 6. The molecular formula is C25H28ClFN6O. The number of aromatic nitrogens is 5. The number of piperidine rings is 1. The molecular weight excluding hydrogens is 455 g/mol. The summed E-state index contributed by atoms with van der Waals surface area (Å²) in [5, 5.41) is 5.23. The number of ether oxygens (including phenoxy) is 1. The number of fused-ring (bicyclic) bond motifs is 3. The van der Waals surface area contributed by atoms with Gasteiger partial charge in [-0.25, -0.2) is 24.0 Å². The van der Waals surface area contributed by atoms with Crippen molar-refractivity contribution in [1.29, 1.82) is 0 Å². The van der Waals surface area contributed by atoms with Crippen molar-refractivity contribution in [1.82, 2.24) is 24.7 Å². The van der Waals surface area contributed by atoms with Gasteiger partial charge >= 0.3 is 0 Å². The first-order valence-electron chi connectivity index (χ1n) is 12.1. The molecule has 2 aromatic heterocycles. The van der Waals surface area contributed by atoms with E-state index in [0.29, 0.717) is 34.9 Å². The molecule has 2 fully saturated rings. The Balaban J connectivity index is 1.22. The predicted octanol–water partition coefficient (Wildman–Crippen LogP) is 4.38. The molecule has 6 rings (SSSR count). The van der Waals surface area contributed by atoms with Gasteiger partial charge in [0.25, 0.3) is 0 Å². The highest BCUT2D eigenvalue weighted by atomic mass is 35.5. The minimum atomic E-state index is -0.462. The lowest BCUT2D eigenvalue weighted by Crippen LogP contribution is -2.43. The van der Waals surface area contributed by atoms with E-state index in [1.807, 2.05) is 11.6 Å². The molecule has 2 bridgehead atoms. The molecule has 0 amide bonds. The second-order valence-corrected chi connectivity index (χ2v) is 10.2. The Bertz CT molecular complexity index is 1170. The summed E-state index contributed by atoms with van der Waals surface area (Å²) in [4.78, 5) is 16.1. The quantitative estimate of drug-likeness (QED) is 0.549. The number of aryl methyl sites for hydroxylation is 2. The van der Waals surface area contributed by atoms with Gasteiger partial charge in [-0.1, -0.05) is 11.6 Å². The van der Waals surface area contributed by atoms with E-state index in [9.17, 15) is 4.39 Å². The van der Waals surface area contributed by atoms with Crippen LogP contribution >= 0.6 is 11.6 Å². The molecule has 1 unspecified atom stereocenters. The fourth-order valence-corrected chi connectivity index (χ4v) is 6.22. The molecule has 1 saturated carbocycles. The minimum absolute atomic E-state index is 0.358. The van der Waals surface area contributed by atoms with Gasteiger partial charge in [0.15, 0.2) is 11.6 Å². The summed E-state index contributed by atoms with van der Waals surface area (Å²) in [6.45, 7) is 5.36. The molecule has 7 nitrogen and oxygen atoms in total. The fourth-order valence-electron chi connectivity index (χ4n) is 5.99. The summed E-state index contributed by atoms with van der Waals surface area (Å²) >= 11 is 6.12. The molecule has 178 valence electrons. The van der Waals surface area contributed by atoms with Gasteiger partial charge < -0.3 is 9.64 Å². The standard InChI is InChI=1S/C25H28ClFN6O/c1-15-7-23(29-14-28-15)32-12-16-3-4-17(13-32)21(16)11-22-30-25-24(34-6-2-5-33(25)31-22)18-8-19(26)10-20(27)9-18/h7-10,14,16-17,21,24H,2-6,11-13H2,1H3/t16-,17+,21?,24-/m1/s1. The first-order chi connectivity index (χ1) is 16.5. The maximum Gasteiger partial charge on any atom is 0.161 e. The molecule has 4 heterocycles. The number of rotatable bonds is 4. The van der Waals surface area contributed by atoms with Crippen molar-refractivity contribution < 1.29 is 9.13 Å². The summed E-state index contributed by atoms with van der Waals surface area (Å²) in [7, 11) is 0. The summed E-state index contributed by atoms with van der Waals surface area (Å²) in [5.74, 6) is 4.04. The second-order valence-electron chi connectivity index (χ2n) is 9.80. The molecule has 0 radical (unpaired) electrons. The summed E-state index contributed by atoms with van der Waals surface area (Å²) in [6.07, 6.45) is 5.37. The third-order valence-electron chi connectivity index (χ3n) is 7.53. The van der Waals surface area contributed by atoms with Gasteiger partial charge in [-0.2, -0.15) is 5.10 Å². The highest BCUT2D eigenvalue weighted by molar-refractivity contribution is 6.30. The highest BCUT2D eigenvalue weighted by Crippen LogP contribution is 2.44. The fraction of sp³-hybridized carbons (Fsp3) is 0.520. The van der Waals surface area contributed by atoms with Gasteiger partial charge in [0, 0.05) is 49.4 Å². The number of hydrogen-bond donors (Lipinski definition) is 0. The molecule has 9 heteroatoms.